The van der Waals surface area contributed by atoms with Crippen molar-refractivity contribution in [3.8, 4) is 0 Å². The van der Waals surface area contributed by atoms with Gasteiger partial charge in [-0.2, -0.15) is 0 Å². The Kier molecular flexibility index (Phi) is 19.6. The lowest BCUT2D eigenvalue weighted by molar-refractivity contribution is -0.143. The summed E-state index contributed by atoms with van der Waals surface area (Å²) in [6.07, 6.45) is -1.42. The van der Waals surface area contributed by atoms with Gasteiger partial charge in [0.2, 0.25) is 47.3 Å². The minimum Gasteiger partial charge on any atom is -0.481 e. The number of benzene rings is 1. The number of hydrogen-bond donors (Lipinski definition) is 11. The molecule has 21 nitrogen and oxygen atoms in total. The molecule has 0 spiro atoms. The average Bonchev–Trinajstić information content (AvgIpc) is 3.10. The number of carbonyl (C=O) groups excluding carboxylic acids is 8. The van der Waals surface area contributed by atoms with Crippen LogP contribution in [0.15, 0.2) is 30.3 Å². The first-order valence-electron chi connectivity index (χ1n) is 17.6. The number of rotatable bonds is 23. The highest BCUT2D eigenvalue weighted by molar-refractivity contribution is 5.98. The van der Waals surface area contributed by atoms with E-state index in [1.807, 2.05) is 0 Å². The Labute approximate surface area is 323 Å². The van der Waals surface area contributed by atoms with Gasteiger partial charge in [0.25, 0.3) is 0 Å². The van der Waals surface area contributed by atoms with Gasteiger partial charge in [0, 0.05) is 6.42 Å². The molecular weight excluding hydrogens is 738 g/mol. The molecule has 1 rings (SSSR count). The highest BCUT2D eigenvalue weighted by Gasteiger charge is 2.33. The van der Waals surface area contributed by atoms with Crippen LogP contribution in [0.25, 0.3) is 0 Å². The molecule has 56 heavy (non-hydrogen) atoms. The molecule has 1 aromatic carbocycles. The van der Waals surface area contributed by atoms with Crippen LogP contribution < -0.4 is 48.7 Å². The summed E-state index contributed by atoms with van der Waals surface area (Å²) in [6.45, 7) is 8.11. The molecule has 0 radical (unpaired) electrons. The van der Waals surface area contributed by atoms with Gasteiger partial charge in [-0.25, -0.2) is 4.79 Å². The van der Waals surface area contributed by atoms with E-state index in [1.54, 1.807) is 58.0 Å². The summed E-state index contributed by atoms with van der Waals surface area (Å²) in [5.74, 6) is -11.0. The summed E-state index contributed by atoms with van der Waals surface area (Å²) in [5, 5.41) is 35.4. The molecule has 0 aromatic heterocycles. The van der Waals surface area contributed by atoms with Crippen LogP contribution in [0.2, 0.25) is 0 Å². The van der Waals surface area contributed by atoms with Gasteiger partial charge < -0.3 is 58.9 Å². The Hall–Kier alpha value is -6.12. The zero-order valence-corrected chi connectivity index (χ0v) is 32.0. The smallest absolute Gasteiger partial charge is 0.326 e. The minimum absolute atomic E-state index is 0.0166. The van der Waals surface area contributed by atoms with Crippen molar-refractivity contribution >= 4 is 59.2 Å². The van der Waals surface area contributed by atoms with Crippen LogP contribution in [-0.2, 0) is 54.4 Å². The van der Waals surface area contributed by atoms with Crippen molar-refractivity contribution in [1.82, 2.24) is 37.2 Å². The van der Waals surface area contributed by atoms with Crippen LogP contribution in [0, 0.1) is 11.8 Å². The zero-order valence-electron chi connectivity index (χ0n) is 32.0. The number of aliphatic carboxylic acids is 2. The van der Waals surface area contributed by atoms with Crippen molar-refractivity contribution in [2.75, 3.05) is 6.54 Å². The fourth-order valence-electron chi connectivity index (χ4n) is 4.93. The number of carbonyl (C=O) groups is 10. The highest BCUT2D eigenvalue weighted by Crippen LogP contribution is 2.08. The summed E-state index contributed by atoms with van der Waals surface area (Å²) >= 11 is 0. The van der Waals surface area contributed by atoms with Crippen molar-refractivity contribution in [2.24, 2.45) is 23.3 Å². The maximum Gasteiger partial charge on any atom is 0.326 e. The lowest BCUT2D eigenvalue weighted by Gasteiger charge is -2.27. The molecule has 0 aliphatic heterocycles. The SMILES string of the molecule is CC(C)[C@H](NC(=O)[C@H](Cc1ccccc1)NC(=O)[C@H](C)NC(=O)[C@@H](NC(=O)[C@H](CC(=O)O)NC(=O)CNC(=O)[C@H](C)NC(=O)[C@@H](N)CC(N)=O)C(C)C)C(=O)O. The molecule has 0 saturated heterocycles. The Morgan fingerprint density at radius 1 is 0.589 bits per heavy atom. The molecule has 0 aliphatic carbocycles. The van der Waals surface area contributed by atoms with Gasteiger partial charge in [0.1, 0.15) is 36.3 Å². The predicted octanol–water partition coefficient (Wildman–Crippen LogP) is -3.63. The lowest BCUT2D eigenvalue weighted by atomic mass is 10.0. The van der Waals surface area contributed by atoms with E-state index in [-0.39, 0.29) is 6.42 Å². The van der Waals surface area contributed by atoms with E-state index >= 15 is 0 Å². The standard InChI is InChI=1S/C35H53N9O12/c1-16(2)27(43-33(53)23(14-26(47)48)41-25(46)15-38-29(49)18(5)39-31(51)21(36)13-24(37)45)34(54)40-19(6)30(50)42-22(12-20-10-8-7-9-11-20)32(52)44-28(17(3)4)35(55)56/h7-11,16-19,21-23,27-28H,12-15,36H2,1-6H3,(H2,37,45)(H,38,49)(H,39,51)(H,40,54)(H,41,46)(H,42,50)(H,43,53)(H,44,52)(H,47,48)(H,55,56)/t18-,19-,21-,22-,23-,27-,28-/m0/s1. The Bertz CT molecular complexity index is 1610. The second-order valence-corrected chi connectivity index (χ2v) is 13.7. The minimum atomic E-state index is -1.73. The number of carboxylic acids is 2. The second kappa shape index (κ2) is 22.9. The number of amides is 8. The average molecular weight is 792 g/mol. The van der Waals surface area contributed by atoms with Crippen LogP contribution in [0.3, 0.4) is 0 Å². The third kappa shape index (κ3) is 16.9. The zero-order chi connectivity index (χ0) is 42.9. The third-order valence-electron chi connectivity index (χ3n) is 8.11. The summed E-state index contributed by atoms with van der Waals surface area (Å²) in [5.41, 5.74) is 11.2. The van der Waals surface area contributed by atoms with Gasteiger partial charge in [-0.3, -0.25) is 43.2 Å². The van der Waals surface area contributed by atoms with Gasteiger partial charge >= 0.3 is 11.9 Å². The first-order chi connectivity index (χ1) is 26.0. The maximum absolute atomic E-state index is 13.4. The molecule has 310 valence electrons. The molecule has 8 amide bonds. The molecule has 0 unspecified atom stereocenters. The molecule has 13 N–H and O–H groups in total. The van der Waals surface area contributed by atoms with Crippen molar-refractivity contribution in [3.05, 3.63) is 35.9 Å². The van der Waals surface area contributed by atoms with Crippen molar-refractivity contribution in [3.63, 3.8) is 0 Å². The first-order valence-corrected chi connectivity index (χ1v) is 17.6. The second-order valence-electron chi connectivity index (χ2n) is 13.7. The molecule has 7 atom stereocenters. The van der Waals surface area contributed by atoms with Gasteiger partial charge in [-0.05, 0) is 31.2 Å². The molecule has 0 aliphatic rings. The molecule has 1 aromatic rings. The number of hydrogen-bond acceptors (Lipinski definition) is 11. The van der Waals surface area contributed by atoms with Crippen LogP contribution in [0.1, 0.15) is 59.9 Å². The lowest BCUT2D eigenvalue weighted by Crippen LogP contribution is -2.60. The topological polar surface area (TPSA) is 347 Å². The number of nitrogens with one attached hydrogen (secondary N) is 7. The van der Waals surface area contributed by atoms with Gasteiger partial charge in [0.15, 0.2) is 0 Å². The Balaban J connectivity index is 2.99. The fourth-order valence-corrected chi connectivity index (χ4v) is 4.93. The van der Waals surface area contributed by atoms with E-state index in [2.05, 4.69) is 37.2 Å². The Morgan fingerprint density at radius 3 is 1.62 bits per heavy atom. The van der Waals surface area contributed by atoms with Crippen LogP contribution in [-0.4, -0.2) is 118 Å². The summed E-state index contributed by atoms with van der Waals surface area (Å²) in [7, 11) is 0. The summed E-state index contributed by atoms with van der Waals surface area (Å²) < 4.78 is 0. The Morgan fingerprint density at radius 2 is 1.11 bits per heavy atom. The fraction of sp³-hybridized carbons (Fsp3) is 0.543. The monoisotopic (exact) mass is 791 g/mol. The molecule has 0 fully saturated rings. The number of carboxylic acid groups (broad SMARTS) is 2. The first kappa shape index (κ1) is 47.9. The highest BCUT2D eigenvalue weighted by atomic mass is 16.4. The van der Waals surface area contributed by atoms with Crippen molar-refractivity contribution in [1.29, 1.82) is 0 Å². The van der Waals surface area contributed by atoms with E-state index in [0.29, 0.717) is 5.56 Å². The van der Waals surface area contributed by atoms with E-state index in [4.69, 9.17) is 11.5 Å². The molecule has 0 heterocycles. The molecular formula is C35H53N9O12. The van der Waals surface area contributed by atoms with Crippen LogP contribution >= 0.6 is 0 Å². The normalized spacial score (nSPS) is 14.7. The van der Waals surface area contributed by atoms with Crippen LogP contribution in [0.4, 0.5) is 0 Å². The van der Waals surface area contributed by atoms with Crippen molar-refractivity contribution in [2.45, 2.75) is 103 Å². The summed E-state index contributed by atoms with van der Waals surface area (Å²) in [6, 6.07) is -0.826. The predicted molar refractivity (Wildman–Crippen MR) is 197 cm³/mol. The molecule has 21 heteroatoms. The van der Waals surface area contributed by atoms with E-state index in [0.717, 1.165) is 0 Å². The summed E-state index contributed by atoms with van der Waals surface area (Å²) in [4.78, 5) is 124. The van der Waals surface area contributed by atoms with E-state index < -0.39 is 133 Å². The van der Waals surface area contributed by atoms with E-state index in [1.165, 1.54) is 13.8 Å². The molecule has 0 bridgehead atoms. The van der Waals surface area contributed by atoms with Crippen molar-refractivity contribution < 1.29 is 58.2 Å². The van der Waals surface area contributed by atoms with Gasteiger partial charge in [-0.1, -0.05) is 58.0 Å². The van der Waals surface area contributed by atoms with Gasteiger partial charge in [-0.15, -0.1) is 0 Å². The quantitative estimate of drug-likeness (QED) is 0.0510. The number of nitrogens with two attached hydrogens (primary N) is 2. The number of primary amides is 1. The third-order valence-corrected chi connectivity index (χ3v) is 8.11. The van der Waals surface area contributed by atoms with E-state index in [9.17, 15) is 58.2 Å². The molecule has 0 saturated carbocycles. The van der Waals surface area contributed by atoms with Gasteiger partial charge in [0.05, 0.1) is 25.4 Å². The maximum atomic E-state index is 13.4. The largest absolute Gasteiger partial charge is 0.481 e. The van der Waals surface area contributed by atoms with Crippen LogP contribution in [0.5, 0.6) is 0 Å².